The van der Waals surface area contributed by atoms with Gasteiger partial charge in [0.15, 0.2) is 0 Å². The van der Waals surface area contributed by atoms with Gasteiger partial charge in [-0.1, -0.05) is 23.4 Å². The second-order valence-electron chi connectivity index (χ2n) is 3.86. The molecule has 6 nitrogen and oxygen atoms in total. The predicted molar refractivity (Wildman–Crippen MR) is 63.2 cm³/mol. The molecule has 0 atom stereocenters. The van der Waals surface area contributed by atoms with Crippen LogP contribution in [0.5, 0.6) is 5.75 Å². The maximum absolute atomic E-state index is 10.5. The third kappa shape index (κ3) is 3.07. The number of hydrogen-bond acceptors (Lipinski definition) is 4. The Balaban J connectivity index is 1.96. The summed E-state index contributed by atoms with van der Waals surface area (Å²) >= 11 is 0. The zero-order valence-corrected chi connectivity index (χ0v) is 9.91. The van der Waals surface area contributed by atoms with E-state index in [1.54, 1.807) is 6.20 Å². The molecule has 0 fully saturated rings. The second-order valence-corrected chi connectivity index (χ2v) is 3.86. The number of para-hydroxylation sites is 1. The number of aromatic nitrogens is 3. The molecule has 2 rings (SSSR count). The summed E-state index contributed by atoms with van der Waals surface area (Å²) < 4.78 is 6.84. The fourth-order valence-corrected chi connectivity index (χ4v) is 1.49. The van der Waals surface area contributed by atoms with Crippen molar-refractivity contribution in [3.8, 4) is 5.75 Å². The molecule has 6 heteroatoms. The van der Waals surface area contributed by atoms with Crippen molar-refractivity contribution in [1.29, 1.82) is 0 Å². The highest BCUT2D eigenvalue weighted by atomic mass is 16.5. The monoisotopic (exact) mass is 247 g/mol. The zero-order valence-electron chi connectivity index (χ0n) is 9.91. The average molecular weight is 247 g/mol. The van der Waals surface area contributed by atoms with E-state index >= 15 is 0 Å². The van der Waals surface area contributed by atoms with Crippen molar-refractivity contribution in [3.05, 3.63) is 41.7 Å². The van der Waals surface area contributed by atoms with Gasteiger partial charge in [0.2, 0.25) is 0 Å². The van der Waals surface area contributed by atoms with Crippen LogP contribution < -0.4 is 4.74 Å². The molecule has 0 aliphatic rings. The lowest BCUT2D eigenvalue weighted by Crippen LogP contribution is -2.08. The van der Waals surface area contributed by atoms with Gasteiger partial charge < -0.3 is 9.84 Å². The van der Waals surface area contributed by atoms with E-state index in [4.69, 9.17) is 9.84 Å². The van der Waals surface area contributed by atoms with Crippen LogP contribution in [0.4, 0.5) is 0 Å². The SMILES string of the molecule is Cc1ccccc1OCc1cn(CC(=O)O)nn1. The number of benzene rings is 1. The van der Waals surface area contributed by atoms with Crippen molar-refractivity contribution >= 4 is 5.97 Å². The van der Waals surface area contributed by atoms with Crippen LogP contribution in [-0.2, 0) is 17.9 Å². The quantitative estimate of drug-likeness (QED) is 0.860. The van der Waals surface area contributed by atoms with Crippen LogP contribution in [0.1, 0.15) is 11.3 Å². The second kappa shape index (κ2) is 5.31. The highest BCUT2D eigenvalue weighted by molar-refractivity contribution is 5.66. The maximum atomic E-state index is 10.5. The van der Waals surface area contributed by atoms with E-state index in [-0.39, 0.29) is 13.2 Å². The molecule has 0 spiro atoms. The molecule has 1 aromatic heterocycles. The first-order valence-electron chi connectivity index (χ1n) is 5.44. The van der Waals surface area contributed by atoms with Crippen LogP contribution in [0.15, 0.2) is 30.5 Å². The van der Waals surface area contributed by atoms with Gasteiger partial charge >= 0.3 is 5.97 Å². The van der Waals surface area contributed by atoms with Crippen LogP contribution in [0.3, 0.4) is 0 Å². The van der Waals surface area contributed by atoms with E-state index in [9.17, 15) is 4.79 Å². The van der Waals surface area contributed by atoms with Crippen LogP contribution in [0.25, 0.3) is 0 Å². The van der Waals surface area contributed by atoms with E-state index < -0.39 is 5.97 Å². The Morgan fingerprint density at radius 2 is 2.22 bits per heavy atom. The highest BCUT2D eigenvalue weighted by Crippen LogP contribution is 2.17. The van der Waals surface area contributed by atoms with E-state index in [0.717, 1.165) is 11.3 Å². The average Bonchev–Trinajstić information content (AvgIpc) is 2.75. The van der Waals surface area contributed by atoms with Crippen LogP contribution in [0, 0.1) is 6.92 Å². The summed E-state index contributed by atoms with van der Waals surface area (Å²) in [6, 6.07) is 7.66. The van der Waals surface area contributed by atoms with Gasteiger partial charge in [0, 0.05) is 0 Å². The summed E-state index contributed by atoms with van der Waals surface area (Å²) in [6.07, 6.45) is 1.56. The van der Waals surface area contributed by atoms with Crippen molar-refractivity contribution in [1.82, 2.24) is 15.0 Å². The third-order valence-electron chi connectivity index (χ3n) is 2.35. The Kier molecular flexibility index (Phi) is 3.57. The van der Waals surface area contributed by atoms with E-state index in [1.807, 2.05) is 31.2 Å². The van der Waals surface area contributed by atoms with E-state index in [0.29, 0.717) is 5.69 Å². The number of ether oxygens (including phenoxy) is 1. The van der Waals surface area contributed by atoms with Crippen LogP contribution in [0.2, 0.25) is 0 Å². The molecule has 0 unspecified atom stereocenters. The Hall–Kier alpha value is -2.37. The minimum Gasteiger partial charge on any atom is -0.487 e. The molecule has 94 valence electrons. The Morgan fingerprint density at radius 1 is 1.44 bits per heavy atom. The van der Waals surface area contributed by atoms with Crippen molar-refractivity contribution in [2.75, 3.05) is 0 Å². The van der Waals surface area contributed by atoms with E-state index in [2.05, 4.69) is 10.3 Å². The lowest BCUT2D eigenvalue weighted by molar-refractivity contribution is -0.137. The van der Waals surface area contributed by atoms with Crippen LogP contribution in [-0.4, -0.2) is 26.1 Å². The minimum absolute atomic E-state index is 0.197. The summed E-state index contributed by atoms with van der Waals surface area (Å²) in [6.45, 7) is 2.03. The van der Waals surface area contributed by atoms with Crippen molar-refractivity contribution in [3.63, 3.8) is 0 Å². The molecule has 0 amide bonds. The first-order valence-corrected chi connectivity index (χ1v) is 5.44. The highest BCUT2D eigenvalue weighted by Gasteiger charge is 2.05. The number of carboxylic acid groups (broad SMARTS) is 1. The normalized spacial score (nSPS) is 10.3. The topological polar surface area (TPSA) is 77.2 Å². The molecular weight excluding hydrogens is 234 g/mol. The van der Waals surface area contributed by atoms with Gasteiger partial charge in [-0.05, 0) is 18.6 Å². The maximum Gasteiger partial charge on any atom is 0.325 e. The molecule has 0 bridgehead atoms. The number of nitrogens with zero attached hydrogens (tertiary/aromatic N) is 3. The van der Waals surface area contributed by atoms with Gasteiger partial charge in [-0.25, -0.2) is 4.68 Å². The van der Waals surface area contributed by atoms with Gasteiger partial charge in [0.25, 0.3) is 0 Å². The minimum atomic E-state index is -0.953. The van der Waals surface area contributed by atoms with Gasteiger partial charge in [-0.15, -0.1) is 5.10 Å². The van der Waals surface area contributed by atoms with Gasteiger partial charge in [0.1, 0.15) is 24.6 Å². The number of carbonyl (C=O) groups is 1. The van der Waals surface area contributed by atoms with Crippen molar-refractivity contribution in [2.45, 2.75) is 20.1 Å². The predicted octanol–water partition coefficient (Wildman–Crippen LogP) is 1.25. The Morgan fingerprint density at radius 3 is 2.94 bits per heavy atom. The molecule has 18 heavy (non-hydrogen) atoms. The lowest BCUT2D eigenvalue weighted by Gasteiger charge is -2.06. The molecule has 0 saturated carbocycles. The molecule has 0 saturated heterocycles. The largest absolute Gasteiger partial charge is 0.487 e. The van der Waals surface area contributed by atoms with Gasteiger partial charge in [-0.2, -0.15) is 0 Å². The van der Waals surface area contributed by atoms with Gasteiger partial charge in [-0.3, -0.25) is 4.79 Å². The zero-order chi connectivity index (χ0) is 13.0. The lowest BCUT2D eigenvalue weighted by atomic mass is 10.2. The third-order valence-corrected chi connectivity index (χ3v) is 2.35. The molecule has 2 aromatic rings. The molecular formula is C12H13N3O3. The molecule has 0 aliphatic heterocycles. The number of aliphatic carboxylic acids is 1. The Labute approximate surface area is 104 Å². The van der Waals surface area contributed by atoms with E-state index in [1.165, 1.54) is 4.68 Å². The summed E-state index contributed by atoms with van der Waals surface area (Å²) in [5, 5.41) is 16.1. The number of hydrogen-bond donors (Lipinski definition) is 1. The molecule has 1 N–H and O–H groups in total. The first-order chi connectivity index (χ1) is 8.65. The number of rotatable bonds is 5. The molecule has 1 heterocycles. The summed E-state index contributed by atoms with van der Waals surface area (Å²) in [4.78, 5) is 10.5. The summed E-state index contributed by atoms with van der Waals surface area (Å²) in [7, 11) is 0. The fourth-order valence-electron chi connectivity index (χ4n) is 1.49. The standard InChI is InChI=1S/C12H13N3O3/c1-9-4-2-3-5-11(9)18-8-10-6-15(14-13-10)7-12(16)17/h2-6H,7-8H2,1H3,(H,16,17). The summed E-state index contributed by atoms with van der Waals surface area (Å²) in [5.41, 5.74) is 1.63. The molecule has 1 aromatic carbocycles. The van der Waals surface area contributed by atoms with Crippen LogP contribution >= 0.6 is 0 Å². The summed E-state index contributed by atoms with van der Waals surface area (Å²) in [5.74, 6) is -0.170. The van der Waals surface area contributed by atoms with Gasteiger partial charge in [0.05, 0.1) is 6.20 Å². The van der Waals surface area contributed by atoms with Crippen molar-refractivity contribution < 1.29 is 14.6 Å². The first kappa shape index (κ1) is 12.1. The molecule has 0 aliphatic carbocycles. The van der Waals surface area contributed by atoms with Crippen molar-refractivity contribution in [2.24, 2.45) is 0 Å². The number of aryl methyl sites for hydroxylation is 1. The smallest absolute Gasteiger partial charge is 0.325 e. The fraction of sp³-hybridized carbons (Fsp3) is 0.250. The number of carboxylic acids is 1. The molecule has 0 radical (unpaired) electrons. The Bertz CT molecular complexity index is 551.